The number of methoxy groups -OCH3 is 1. The molecule has 0 saturated carbocycles. The zero-order valence-corrected chi connectivity index (χ0v) is 16.8. The standard InChI is InChI=1S/C20H28N4O5/c1-13(21-19(26)18-16-5-3-4-6-17(16)22-23-18)20(27)24-10-14(12-25)9-15(11-24)29-8-7-28-2/h3-6,13-15,25H,7-12H2,1-2H3,(H,21,26)(H,22,23)/t13-,14-,15+/m0/s1. The zero-order chi connectivity index (χ0) is 20.8. The van der Waals surface area contributed by atoms with Gasteiger partial charge in [-0.15, -0.1) is 0 Å². The summed E-state index contributed by atoms with van der Waals surface area (Å²) in [6, 6.07) is 6.59. The van der Waals surface area contributed by atoms with Crippen LogP contribution in [0, 0.1) is 5.92 Å². The molecule has 3 N–H and O–H groups in total. The highest BCUT2D eigenvalue weighted by atomic mass is 16.5. The van der Waals surface area contributed by atoms with E-state index in [2.05, 4.69) is 15.5 Å². The van der Waals surface area contributed by atoms with E-state index in [-0.39, 0.29) is 30.2 Å². The molecule has 1 aromatic carbocycles. The molecule has 2 aromatic rings. The quantitative estimate of drug-likeness (QED) is 0.554. The second-order valence-corrected chi connectivity index (χ2v) is 7.33. The molecule has 2 amide bonds. The average Bonchev–Trinajstić information content (AvgIpc) is 3.17. The van der Waals surface area contributed by atoms with E-state index in [9.17, 15) is 14.7 Å². The second kappa shape index (κ2) is 9.82. The summed E-state index contributed by atoms with van der Waals surface area (Å²) in [4.78, 5) is 27.2. The van der Waals surface area contributed by atoms with Gasteiger partial charge < -0.3 is 24.8 Å². The summed E-state index contributed by atoms with van der Waals surface area (Å²) in [7, 11) is 1.60. The van der Waals surface area contributed by atoms with Crippen molar-refractivity contribution in [2.24, 2.45) is 5.92 Å². The lowest BCUT2D eigenvalue weighted by atomic mass is 9.96. The van der Waals surface area contributed by atoms with Crippen molar-refractivity contribution in [1.29, 1.82) is 0 Å². The molecule has 0 spiro atoms. The van der Waals surface area contributed by atoms with E-state index in [4.69, 9.17) is 9.47 Å². The van der Waals surface area contributed by atoms with Crippen molar-refractivity contribution in [3.63, 3.8) is 0 Å². The molecule has 1 aromatic heterocycles. The fourth-order valence-corrected chi connectivity index (χ4v) is 3.62. The van der Waals surface area contributed by atoms with Crippen LogP contribution in [0.25, 0.3) is 10.9 Å². The third-order valence-electron chi connectivity index (χ3n) is 5.11. The average molecular weight is 404 g/mol. The monoisotopic (exact) mass is 404 g/mol. The van der Waals surface area contributed by atoms with Gasteiger partial charge in [0.1, 0.15) is 6.04 Å². The minimum absolute atomic E-state index is 0.0199. The molecule has 1 fully saturated rings. The number of rotatable bonds is 8. The van der Waals surface area contributed by atoms with Crippen molar-refractivity contribution < 1.29 is 24.2 Å². The van der Waals surface area contributed by atoms with Crippen LogP contribution < -0.4 is 5.32 Å². The summed E-state index contributed by atoms with van der Waals surface area (Å²) in [5, 5.41) is 19.9. The number of fused-ring (bicyclic) bond motifs is 1. The number of aliphatic hydroxyl groups excluding tert-OH is 1. The number of amides is 2. The van der Waals surface area contributed by atoms with Crippen LogP contribution in [-0.2, 0) is 14.3 Å². The Morgan fingerprint density at radius 2 is 2.14 bits per heavy atom. The lowest BCUT2D eigenvalue weighted by Gasteiger charge is -2.38. The molecule has 1 aliphatic rings. The van der Waals surface area contributed by atoms with Gasteiger partial charge in [0.2, 0.25) is 5.91 Å². The number of aromatic nitrogens is 2. The lowest BCUT2D eigenvalue weighted by Crippen LogP contribution is -2.54. The zero-order valence-electron chi connectivity index (χ0n) is 16.8. The number of hydrogen-bond donors (Lipinski definition) is 3. The minimum Gasteiger partial charge on any atom is -0.396 e. The second-order valence-electron chi connectivity index (χ2n) is 7.33. The first-order valence-corrected chi connectivity index (χ1v) is 9.77. The molecule has 3 rings (SSSR count). The van der Waals surface area contributed by atoms with Gasteiger partial charge in [-0.1, -0.05) is 18.2 Å². The molecule has 2 heterocycles. The first-order valence-electron chi connectivity index (χ1n) is 9.77. The van der Waals surface area contributed by atoms with Gasteiger partial charge in [-0.05, 0) is 19.4 Å². The summed E-state index contributed by atoms with van der Waals surface area (Å²) in [5.41, 5.74) is 1.02. The Hall–Kier alpha value is -2.49. The van der Waals surface area contributed by atoms with Gasteiger partial charge in [0.25, 0.3) is 5.91 Å². The van der Waals surface area contributed by atoms with Crippen LogP contribution in [0.2, 0.25) is 0 Å². The number of nitrogens with zero attached hydrogens (tertiary/aromatic N) is 2. The Morgan fingerprint density at radius 3 is 2.90 bits per heavy atom. The molecule has 0 unspecified atom stereocenters. The van der Waals surface area contributed by atoms with Gasteiger partial charge >= 0.3 is 0 Å². The summed E-state index contributed by atoms with van der Waals surface area (Å²) in [5.74, 6) is -0.679. The minimum atomic E-state index is -0.727. The third kappa shape index (κ3) is 5.11. The van der Waals surface area contributed by atoms with Gasteiger partial charge in [0.05, 0.1) is 24.8 Å². The topological polar surface area (TPSA) is 117 Å². The van der Waals surface area contributed by atoms with Gasteiger partial charge in [-0.3, -0.25) is 14.7 Å². The van der Waals surface area contributed by atoms with E-state index in [1.165, 1.54) is 0 Å². The molecular weight excluding hydrogens is 376 g/mol. The largest absolute Gasteiger partial charge is 0.396 e. The van der Waals surface area contributed by atoms with E-state index in [0.717, 1.165) is 5.52 Å². The molecular formula is C20H28N4O5. The van der Waals surface area contributed by atoms with Crippen LogP contribution in [0.3, 0.4) is 0 Å². The van der Waals surface area contributed by atoms with Crippen LogP contribution in [-0.4, -0.2) is 84.2 Å². The smallest absolute Gasteiger partial charge is 0.273 e. The molecule has 9 nitrogen and oxygen atoms in total. The number of aromatic amines is 1. The SMILES string of the molecule is COCCO[C@@H]1C[C@H](CO)CN(C(=O)[C@H](C)NC(=O)c2n[nH]c3ccccc23)C1. The number of aliphatic hydroxyl groups is 1. The Balaban J connectivity index is 1.62. The van der Waals surface area contributed by atoms with E-state index in [1.54, 1.807) is 25.0 Å². The summed E-state index contributed by atoms with van der Waals surface area (Å²) >= 11 is 0. The maximum absolute atomic E-state index is 12.9. The molecule has 3 atom stereocenters. The molecule has 0 aliphatic carbocycles. The number of hydrogen-bond acceptors (Lipinski definition) is 6. The third-order valence-corrected chi connectivity index (χ3v) is 5.11. The Morgan fingerprint density at radius 1 is 1.34 bits per heavy atom. The molecule has 1 aliphatic heterocycles. The number of benzene rings is 1. The molecule has 158 valence electrons. The van der Waals surface area contributed by atoms with Crippen molar-refractivity contribution in [3.8, 4) is 0 Å². The summed E-state index contributed by atoms with van der Waals surface area (Å²) < 4.78 is 10.8. The number of likely N-dealkylation sites (tertiary alicyclic amines) is 1. The predicted molar refractivity (Wildman–Crippen MR) is 106 cm³/mol. The van der Waals surface area contributed by atoms with Crippen molar-refractivity contribution >= 4 is 22.7 Å². The van der Waals surface area contributed by atoms with E-state index in [1.807, 2.05) is 18.2 Å². The van der Waals surface area contributed by atoms with E-state index >= 15 is 0 Å². The van der Waals surface area contributed by atoms with Crippen molar-refractivity contribution in [2.75, 3.05) is 40.0 Å². The highest BCUT2D eigenvalue weighted by molar-refractivity contribution is 6.05. The first kappa shape index (κ1) is 21.2. The number of ether oxygens (including phenoxy) is 2. The fraction of sp³-hybridized carbons (Fsp3) is 0.550. The van der Waals surface area contributed by atoms with Crippen molar-refractivity contribution in [1.82, 2.24) is 20.4 Å². The Bertz CT molecular complexity index is 839. The van der Waals surface area contributed by atoms with Gasteiger partial charge in [0, 0.05) is 38.1 Å². The lowest BCUT2D eigenvalue weighted by molar-refractivity contribution is -0.139. The number of nitrogens with one attached hydrogen (secondary N) is 2. The molecule has 0 radical (unpaired) electrons. The van der Waals surface area contributed by atoms with Gasteiger partial charge in [-0.2, -0.15) is 5.10 Å². The predicted octanol–water partition coefficient (Wildman–Crippen LogP) is 0.554. The van der Waals surface area contributed by atoms with Crippen LogP contribution >= 0.6 is 0 Å². The Kier molecular flexibility index (Phi) is 7.18. The van der Waals surface area contributed by atoms with Crippen LogP contribution in [0.1, 0.15) is 23.8 Å². The molecule has 29 heavy (non-hydrogen) atoms. The summed E-state index contributed by atoms with van der Waals surface area (Å²) in [6.07, 6.45) is 0.516. The van der Waals surface area contributed by atoms with Crippen LogP contribution in [0.4, 0.5) is 0 Å². The highest BCUT2D eigenvalue weighted by Gasteiger charge is 2.33. The maximum atomic E-state index is 12.9. The Labute approximate surface area is 169 Å². The molecule has 1 saturated heterocycles. The number of piperidine rings is 1. The number of H-pyrrole nitrogens is 1. The van der Waals surface area contributed by atoms with Crippen molar-refractivity contribution in [2.45, 2.75) is 25.5 Å². The van der Waals surface area contributed by atoms with Gasteiger partial charge in [0.15, 0.2) is 5.69 Å². The first-order chi connectivity index (χ1) is 14.0. The normalized spacial score (nSPS) is 20.6. The molecule has 0 bridgehead atoms. The van der Waals surface area contributed by atoms with Crippen LogP contribution in [0.5, 0.6) is 0 Å². The van der Waals surface area contributed by atoms with E-state index in [0.29, 0.717) is 38.1 Å². The van der Waals surface area contributed by atoms with Crippen LogP contribution in [0.15, 0.2) is 24.3 Å². The summed E-state index contributed by atoms with van der Waals surface area (Å²) in [6.45, 7) is 3.39. The number of carbonyl (C=O) groups excluding carboxylic acids is 2. The molecule has 9 heteroatoms. The maximum Gasteiger partial charge on any atom is 0.273 e. The van der Waals surface area contributed by atoms with E-state index < -0.39 is 11.9 Å². The number of para-hydroxylation sites is 1. The number of carbonyl (C=O) groups is 2. The highest BCUT2D eigenvalue weighted by Crippen LogP contribution is 2.20. The fourth-order valence-electron chi connectivity index (χ4n) is 3.62. The van der Waals surface area contributed by atoms with Gasteiger partial charge in [-0.25, -0.2) is 0 Å². The van der Waals surface area contributed by atoms with Crippen molar-refractivity contribution in [3.05, 3.63) is 30.0 Å².